The molecule has 6 aromatic rings. The highest BCUT2D eigenvalue weighted by Gasteiger charge is 2.16. The van der Waals surface area contributed by atoms with Gasteiger partial charge in [0.15, 0.2) is 0 Å². The van der Waals surface area contributed by atoms with Crippen molar-refractivity contribution in [3.8, 4) is 16.9 Å². The third-order valence-electron chi connectivity index (χ3n) is 5.44. The van der Waals surface area contributed by atoms with Crippen LogP contribution in [0.25, 0.3) is 39.0 Å². The van der Waals surface area contributed by atoms with Crippen molar-refractivity contribution >= 4 is 33.7 Å². The fraction of sp³-hybridized carbons (Fsp3) is 0.0455. The van der Waals surface area contributed by atoms with Gasteiger partial charge >= 0.3 is 5.69 Å². The van der Waals surface area contributed by atoms with Crippen LogP contribution in [0.4, 0.5) is 4.39 Å². The van der Waals surface area contributed by atoms with Crippen LogP contribution >= 0.6 is 11.6 Å². The molecule has 2 aromatic carbocycles. The summed E-state index contributed by atoms with van der Waals surface area (Å²) < 4.78 is 17.5. The number of benzene rings is 2. The summed E-state index contributed by atoms with van der Waals surface area (Å²) in [5, 5.41) is 13.3. The quantitative estimate of drug-likeness (QED) is 0.417. The molecule has 0 aliphatic rings. The third-order valence-corrected chi connectivity index (χ3v) is 5.73. The summed E-state index contributed by atoms with van der Waals surface area (Å²) in [5.41, 5.74) is 5.00. The zero-order valence-electron chi connectivity index (χ0n) is 16.8. The summed E-state index contributed by atoms with van der Waals surface area (Å²) in [7, 11) is 0. The first-order valence-electron chi connectivity index (χ1n) is 9.95. The third kappa shape index (κ3) is 3.28. The summed E-state index contributed by atoms with van der Waals surface area (Å²) >= 11 is 6.55. The summed E-state index contributed by atoms with van der Waals surface area (Å²) in [5.74, 6) is -0.395. The molecule has 0 saturated heterocycles. The Bertz CT molecular complexity index is 1710. The van der Waals surface area contributed by atoms with Crippen LogP contribution in [0, 0.1) is 5.82 Å². The molecule has 33 heavy (non-hydrogen) atoms. The minimum atomic E-state index is -0.395. The Morgan fingerprint density at radius 2 is 1.91 bits per heavy atom. The number of pyridine rings is 1. The summed E-state index contributed by atoms with van der Waals surface area (Å²) in [6.45, 7) is 0.237. The van der Waals surface area contributed by atoms with E-state index in [-0.39, 0.29) is 12.2 Å². The highest BCUT2D eigenvalue weighted by atomic mass is 35.5. The predicted molar refractivity (Wildman–Crippen MR) is 121 cm³/mol. The lowest BCUT2D eigenvalue weighted by Gasteiger charge is -2.10. The predicted octanol–water partition coefficient (Wildman–Crippen LogP) is 3.69. The van der Waals surface area contributed by atoms with Gasteiger partial charge in [-0.25, -0.2) is 13.9 Å². The molecule has 0 fully saturated rings. The number of hydrogen-bond acceptors (Lipinski definition) is 5. The molecule has 0 aliphatic carbocycles. The first-order chi connectivity index (χ1) is 16.1. The van der Waals surface area contributed by atoms with Gasteiger partial charge in [0.1, 0.15) is 11.3 Å². The molecule has 0 aliphatic heterocycles. The number of fused-ring (bicyclic) bond motifs is 2. The van der Waals surface area contributed by atoms with E-state index >= 15 is 0 Å². The van der Waals surface area contributed by atoms with Gasteiger partial charge in [0.05, 0.1) is 45.7 Å². The second kappa shape index (κ2) is 7.38. The van der Waals surface area contributed by atoms with E-state index in [1.165, 1.54) is 6.20 Å². The number of H-pyrrole nitrogens is 2. The maximum atomic E-state index is 14.1. The van der Waals surface area contributed by atoms with Crippen LogP contribution in [0.1, 0.15) is 5.56 Å². The Morgan fingerprint density at radius 1 is 1.03 bits per heavy atom. The number of rotatable bonds is 4. The Kier molecular flexibility index (Phi) is 4.34. The normalized spacial score (nSPS) is 11.6. The molecule has 0 atom stereocenters. The van der Waals surface area contributed by atoms with Crippen LogP contribution in [-0.4, -0.2) is 39.7 Å². The SMILES string of the molecule is O=c1[nH]c2ccc(-n3nnc4c(Cl)cc(-c5ccnn5Cc5ccncc5F)cc43)cc2[nH]1. The standard InChI is InChI=1S/C22H14ClFN8O/c23-15-7-13(19-4-6-26-31(19)11-12-3-5-25-10-16(12)24)8-20-21(15)29-30-32(20)14-1-2-17-18(9-14)28-22(33)27-17/h1-10H,11H2,(H2,27,28,33). The lowest BCUT2D eigenvalue weighted by Crippen LogP contribution is -2.06. The van der Waals surface area contributed by atoms with Crippen molar-refractivity contribution in [3.05, 3.63) is 87.9 Å². The Balaban J connectivity index is 1.47. The molecule has 0 radical (unpaired) electrons. The van der Waals surface area contributed by atoms with Crippen molar-refractivity contribution in [2.45, 2.75) is 6.54 Å². The van der Waals surface area contributed by atoms with E-state index in [0.29, 0.717) is 38.3 Å². The molecule has 4 heterocycles. The number of halogens is 2. The van der Waals surface area contributed by atoms with Crippen LogP contribution in [0.15, 0.2) is 65.8 Å². The van der Waals surface area contributed by atoms with E-state index in [1.54, 1.807) is 46.0 Å². The number of imidazole rings is 1. The Hall–Kier alpha value is -4.31. The number of aromatic nitrogens is 8. The molecular formula is C22H14ClFN8O. The molecule has 9 nitrogen and oxygen atoms in total. The first kappa shape index (κ1) is 19.4. The van der Waals surface area contributed by atoms with Gasteiger partial charge < -0.3 is 9.97 Å². The average Bonchev–Trinajstić information content (AvgIpc) is 3.52. The highest BCUT2D eigenvalue weighted by molar-refractivity contribution is 6.35. The second-order valence-electron chi connectivity index (χ2n) is 7.48. The molecule has 0 saturated carbocycles. The summed E-state index contributed by atoms with van der Waals surface area (Å²) in [4.78, 5) is 20.9. The van der Waals surface area contributed by atoms with Crippen molar-refractivity contribution in [3.63, 3.8) is 0 Å². The van der Waals surface area contributed by atoms with E-state index < -0.39 is 5.82 Å². The molecule has 0 spiro atoms. The first-order valence-corrected chi connectivity index (χ1v) is 10.3. The van der Waals surface area contributed by atoms with Crippen molar-refractivity contribution in [1.29, 1.82) is 0 Å². The molecule has 0 unspecified atom stereocenters. The highest BCUT2D eigenvalue weighted by Crippen LogP contribution is 2.31. The minimum absolute atomic E-state index is 0.237. The van der Waals surface area contributed by atoms with Gasteiger partial charge in [-0.15, -0.1) is 5.10 Å². The molecule has 0 amide bonds. The Morgan fingerprint density at radius 3 is 2.79 bits per heavy atom. The maximum absolute atomic E-state index is 14.1. The van der Waals surface area contributed by atoms with E-state index in [2.05, 4.69) is 30.4 Å². The molecule has 162 valence electrons. The molecule has 4 aromatic heterocycles. The number of nitrogens with one attached hydrogen (secondary N) is 2. The zero-order chi connectivity index (χ0) is 22.5. The zero-order valence-corrected chi connectivity index (χ0v) is 17.6. The number of hydrogen-bond donors (Lipinski definition) is 2. The van der Waals surface area contributed by atoms with Gasteiger partial charge in [0, 0.05) is 23.5 Å². The molecule has 6 rings (SSSR count). The van der Waals surface area contributed by atoms with Gasteiger partial charge in [-0.3, -0.25) is 9.67 Å². The summed E-state index contributed by atoms with van der Waals surface area (Å²) in [6, 6.07) is 12.6. The van der Waals surface area contributed by atoms with Crippen molar-refractivity contribution in [2.24, 2.45) is 0 Å². The number of aromatic amines is 2. The molecule has 11 heteroatoms. The van der Waals surface area contributed by atoms with Crippen LogP contribution in [-0.2, 0) is 6.54 Å². The lowest BCUT2D eigenvalue weighted by atomic mass is 10.1. The van der Waals surface area contributed by atoms with Crippen molar-refractivity contribution in [2.75, 3.05) is 0 Å². The molecular weight excluding hydrogens is 447 g/mol. The topological polar surface area (TPSA) is 110 Å². The van der Waals surface area contributed by atoms with Gasteiger partial charge in [-0.1, -0.05) is 16.8 Å². The van der Waals surface area contributed by atoms with Crippen molar-refractivity contribution in [1.82, 2.24) is 39.7 Å². The van der Waals surface area contributed by atoms with Crippen LogP contribution < -0.4 is 5.69 Å². The van der Waals surface area contributed by atoms with Crippen LogP contribution in [0.5, 0.6) is 0 Å². The maximum Gasteiger partial charge on any atom is 0.323 e. The summed E-state index contributed by atoms with van der Waals surface area (Å²) in [6.07, 6.45) is 4.38. The number of nitrogens with zero attached hydrogens (tertiary/aromatic N) is 6. The van der Waals surface area contributed by atoms with E-state index in [4.69, 9.17) is 11.6 Å². The van der Waals surface area contributed by atoms with Gasteiger partial charge in [0.2, 0.25) is 0 Å². The smallest absolute Gasteiger partial charge is 0.306 e. The van der Waals surface area contributed by atoms with Gasteiger partial charge in [-0.05, 0) is 42.5 Å². The van der Waals surface area contributed by atoms with Crippen LogP contribution in [0.3, 0.4) is 0 Å². The Labute approximate surface area is 189 Å². The lowest BCUT2D eigenvalue weighted by molar-refractivity contribution is 0.581. The van der Waals surface area contributed by atoms with Gasteiger partial charge in [0.25, 0.3) is 0 Å². The fourth-order valence-corrected chi connectivity index (χ4v) is 4.12. The van der Waals surface area contributed by atoms with E-state index in [0.717, 1.165) is 11.3 Å². The molecule has 0 bridgehead atoms. The van der Waals surface area contributed by atoms with E-state index in [9.17, 15) is 9.18 Å². The van der Waals surface area contributed by atoms with Crippen LogP contribution in [0.2, 0.25) is 5.02 Å². The van der Waals surface area contributed by atoms with E-state index in [1.807, 2.05) is 18.2 Å². The average molecular weight is 461 g/mol. The molecule has 2 N–H and O–H groups in total. The monoisotopic (exact) mass is 460 g/mol. The largest absolute Gasteiger partial charge is 0.323 e. The van der Waals surface area contributed by atoms with Crippen molar-refractivity contribution < 1.29 is 4.39 Å². The second-order valence-corrected chi connectivity index (χ2v) is 7.88. The minimum Gasteiger partial charge on any atom is -0.306 e. The van der Waals surface area contributed by atoms with Gasteiger partial charge in [-0.2, -0.15) is 5.10 Å². The fourth-order valence-electron chi connectivity index (χ4n) is 3.87.